The fraction of sp³-hybridized carbons (Fsp3) is 0.435. The second-order valence-electron chi connectivity index (χ2n) is 8.27. The number of benzene rings is 1. The SMILES string of the molecule is COc1ccc(CNC(=O)[C@@H]2Cn3ccnc3C3(CCN(Cc4nccs4)CC3)O2)cc1. The highest BCUT2D eigenvalue weighted by Gasteiger charge is 2.47. The van der Waals surface area contributed by atoms with Gasteiger partial charge in [-0.15, -0.1) is 11.3 Å². The molecule has 1 N–H and O–H groups in total. The molecule has 0 radical (unpaired) electrons. The Hall–Kier alpha value is -2.75. The number of ether oxygens (including phenoxy) is 2. The molecule has 0 aliphatic carbocycles. The Balaban J connectivity index is 1.24. The summed E-state index contributed by atoms with van der Waals surface area (Å²) in [6.45, 7) is 3.55. The molecule has 1 fully saturated rings. The number of carbonyl (C=O) groups excluding carboxylic acids is 1. The maximum absolute atomic E-state index is 13.0. The molecule has 1 spiro atoms. The van der Waals surface area contributed by atoms with Crippen LogP contribution < -0.4 is 10.1 Å². The first kappa shape index (κ1) is 21.1. The van der Waals surface area contributed by atoms with Gasteiger partial charge in [0.15, 0.2) is 6.10 Å². The minimum atomic E-state index is -0.541. The molecule has 0 saturated carbocycles. The maximum atomic E-state index is 13.0. The number of hydrogen-bond donors (Lipinski definition) is 1. The zero-order chi connectivity index (χ0) is 22.0. The fourth-order valence-corrected chi connectivity index (χ4v) is 5.17. The first-order valence-corrected chi connectivity index (χ1v) is 11.7. The number of thiazole rings is 1. The second-order valence-corrected chi connectivity index (χ2v) is 9.25. The lowest BCUT2D eigenvalue weighted by atomic mass is 9.88. The maximum Gasteiger partial charge on any atom is 0.251 e. The number of methoxy groups -OCH3 is 1. The molecule has 1 saturated heterocycles. The molecule has 0 bridgehead atoms. The lowest BCUT2D eigenvalue weighted by molar-refractivity contribution is -0.174. The van der Waals surface area contributed by atoms with Crippen LogP contribution in [0.2, 0.25) is 0 Å². The van der Waals surface area contributed by atoms with Gasteiger partial charge in [-0.3, -0.25) is 9.69 Å². The number of nitrogens with zero attached hydrogens (tertiary/aromatic N) is 4. The van der Waals surface area contributed by atoms with Crippen LogP contribution in [0, 0.1) is 0 Å². The summed E-state index contributed by atoms with van der Waals surface area (Å²) < 4.78 is 13.8. The quantitative estimate of drug-likeness (QED) is 0.618. The van der Waals surface area contributed by atoms with Crippen LogP contribution in [0.1, 0.15) is 29.2 Å². The number of hydrogen-bond acceptors (Lipinski definition) is 7. The van der Waals surface area contributed by atoms with Gasteiger partial charge in [-0.05, 0) is 30.5 Å². The molecule has 2 aromatic heterocycles. The lowest BCUT2D eigenvalue weighted by Crippen LogP contribution is -2.53. The molecule has 32 heavy (non-hydrogen) atoms. The number of aromatic nitrogens is 3. The van der Waals surface area contributed by atoms with Crippen molar-refractivity contribution in [1.29, 1.82) is 0 Å². The Morgan fingerprint density at radius 1 is 1.25 bits per heavy atom. The van der Waals surface area contributed by atoms with Crippen molar-refractivity contribution in [3.05, 3.63) is 64.6 Å². The third-order valence-electron chi connectivity index (χ3n) is 6.28. The van der Waals surface area contributed by atoms with E-state index in [9.17, 15) is 4.79 Å². The highest BCUT2D eigenvalue weighted by atomic mass is 32.1. The molecule has 3 aromatic rings. The summed E-state index contributed by atoms with van der Waals surface area (Å²) in [5, 5.41) is 6.17. The molecular formula is C23H27N5O3S. The Bertz CT molecular complexity index is 1040. The molecule has 4 heterocycles. The molecule has 9 heteroatoms. The molecule has 5 rings (SSSR count). The molecule has 8 nitrogen and oxygen atoms in total. The molecular weight excluding hydrogens is 426 g/mol. The summed E-state index contributed by atoms with van der Waals surface area (Å²) in [4.78, 5) is 24.4. The van der Waals surface area contributed by atoms with Gasteiger partial charge in [-0.25, -0.2) is 9.97 Å². The normalized spacial score (nSPS) is 20.1. The molecule has 1 amide bonds. The molecule has 0 unspecified atom stereocenters. The minimum Gasteiger partial charge on any atom is -0.497 e. The van der Waals surface area contributed by atoms with Gasteiger partial charge in [0.05, 0.1) is 20.2 Å². The van der Waals surface area contributed by atoms with Crippen molar-refractivity contribution in [1.82, 2.24) is 24.8 Å². The number of carbonyl (C=O) groups is 1. The van der Waals surface area contributed by atoms with E-state index >= 15 is 0 Å². The lowest BCUT2D eigenvalue weighted by Gasteiger charge is -2.45. The summed E-state index contributed by atoms with van der Waals surface area (Å²) in [7, 11) is 1.64. The van der Waals surface area contributed by atoms with Crippen LogP contribution in [0.15, 0.2) is 48.2 Å². The van der Waals surface area contributed by atoms with E-state index in [1.807, 2.05) is 42.0 Å². The summed E-state index contributed by atoms with van der Waals surface area (Å²) in [5.41, 5.74) is 0.493. The van der Waals surface area contributed by atoms with Gasteiger partial charge in [0.1, 0.15) is 22.2 Å². The Morgan fingerprint density at radius 2 is 2.06 bits per heavy atom. The standard InChI is InChI=1S/C23H27N5O3S/c1-30-18-4-2-17(3-5-18)14-26-21(29)19-15-28-12-8-25-22(28)23(31-19)6-10-27(11-7-23)16-20-24-9-13-32-20/h2-5,8-9,12-13,19H,6-7,10-11,14-16H2,1H3,(H,26,29)/t19-/m0/s1. The van der Waals surface area contributed by atoms with E-state index in [1.165, 1.54) is 0 Å². The van der Waals surface area contributed by atoms with Crippen LogP contribution >= 0.6 is 11.3 Å². The zero-order valence-electron chi connectivity index (χ0n) is 18.1. The summed E-state index contributed by atoms with van der Waals surface area (Å²) in [6, 6.07) is 7.69. The molecule has 2 aliphatic heterocycles. The predicted molar refractivity (Wildman–Crippen MR) is 120 cm³/mol. The summed E-state index contributed by atoms with van der Waals surface area (Å²) in [6.07, 6.45) is 6.67. The smallest absolute Gasteiger partial charge is 0.251 e. The first-order chi connectivity index (χ1) is 15.6. The van der Waals surface area contributed by atoms with Gasteiger partial charge in [0.25, 0.3) is 5.91 Å². The van der Waals surface area contributed by atoms with Crippen LogP contribution in [-0.2, 0) is 34.8 Å². The number of amides is 1. The van der Waals surface area contributed by atoms with Crippen molar-refractivity contribution in [2.75, 3.05) is 20.2 Å². The van der Waals surface area contributed by atoms with E-state index in [1.54, 1.807) is 24.6 Å². The van der Waals surface area contributed by atoms with E-state index in [-0.39, 0.29) is 5.91 Å². The van der Waals surface area contributed by atoms with Crippen LogP contribution in [-0.4, -0.2) is 51.6 Å². The summed E-state index contributed by atoms with van der Waals surface area (Å²) in [5.74, 6) is 1.64. The van der Waals surface area contributed by atoms with Crippen molar-refractivity contribution in [3.63, 3.8) is 0 Å². The van der Waals surface area contributed by atoms with Gasteiger partial charge in [-0.2, -0.15) is 0 Å². The van der Waals surface area contributed by atoms with Crippen LogP contribution in [0.3, 0.4) is 0 Å². The van der Waals surface area contributed by atoms with Gasteiger partial charge < -0.3 is 19.4 Å². The molecule has 2 aliphatic rings. The van der Waals surface area contributed by atoms with Gasteiger partial charge in [0.2, 0.25) is 0 Å². The molecule has 168 valence electrons. The van der Waals surface area contributed by atoms with E-state index in [4.69, 9.17) is 9.47 Å². The highest BCUT2D eigenvalue weighted by molar-refractivity contribution is 7.09. The Morgan fingerprint density at radius 3 is 2.78 bits per heavy atom. The first-order valence-electron chi connectivity index (χ1n) is 10.9. The van der Waals surface area contributed by atoms with Crippen LogP contribution in [0.4, 0.5) is 0 Å². The molecule has 1 aromatic carbocycles. The minimum absolute atomic E-state index is 0.0928. The van der Waals surface area contributed by atoms with Crippen molar-refractivity contribution >= 4 is 17.2 Å². The third kappa shape index (κ3) is 4.28. The van der Waals surface area contributed by atoms with Crippen molar-refractivity contribution in [2.45, 2.75) is 44.2 Å². The third-order valence-corrected chi connectivity index (χ3v) is 7.04. The number of nitrogens with one attached hydrogen (secondary N) is 1. The van der Waals surface area contributed by atoms with E-state index in [0.29, 0.717) is 13.1 Å². The van der Waals surface area contributed by atoms with Gasteiger partial charge in [0, 0.05) is 43.6 Å². The number of piperidine rings is 1. The number of likely N-dealkylation sites (tertiary alicyclic amines) is 1. The summed E-state index contributed by atoms with van der Waals surface area (Å²) >= 11 is 1.68. The van der Waals surface area contributed by atoms with E-state index in [2.05, 4.69) is 24.8 Å². The second kappa shape index (κ2) is 9.01. The van der Waals surface area contributed by atoms with E-state index in [0.717, 1.165) is 54.6 Å². The average molecular weight is 454 g/mol. The van der Waals surface area contributed by atoms with E-state index < -0.39 is 11.7 Å². The largest absolute Gasteiger partial charge is 0.497 e. The topological polar surface area (TPSA) is 81.5 Å². The van der Waals surface area contributed by atoms with Crippen molar-refractivity contribution < 1.29 is 14.3 Å². The zero-order valence-corrected chi connectivity index (χ0v) is 18.9. The van der Waals surface area contributed by atoms with Gasteiger partial charge >= 0.3 is 0 Å². The molecule has 1 atom stereocenters. The predicted octanol–water partition coefficient (Wildman–Crippen LogP) is 2.55. The van der Waals surface area contributed by atoms with Gasteiger partial charge in [-0.1, -0.05) is 12.1 Å². The van der Waals surface area contributed by atoms with Crippen LogP contribution in [0.25, 0.3) is 0 Å². The number of imidazole rings is 1. The average Bonchev–Trinajstić information content (AvgIpc) is 3.52. The van der Waals surface area contributed by atoms with Crippen molar-refractivity contribution in [2.24, 2.45) is 0 Å². The van der Waals surface area contributed by atoms with Crippen LogP contribution in [0.5, 0.6) is 5.75 Å². The fourth-order valence-electron chi connectivity index (χ4n) is 4.52. The Kier molecular flexibility index (Phi) is 5.95. The number of rotatable bonds is 6. The highest BCUT2D eigenvalue weighted by Crippen LogP contribution is 2.40. The monoisotopic (exact) mass is 453 g/mol. The number of fused-ring (bicyclic) bond motifs is 2. The van der Waals surface area contributed by atoms with Crippen molar-refractivity contribution in [3.8, 4) is 5.75 Å². The Labute approximate surface area is 191 Å².